The highest BCUT2D eigenvalue weighted by Crippen LogP contribution is 2.68. The number of aliphatic hydroxyl groups excluding tert-OH is 2. The zero-order valence-electron chi connectivity index (χ0n) is 19.2. The highest BCUT2D eigenvalue weighted by atomic mass is 16.3. The Bertz CT molecular complexity index is 559. The first-order valence-corrected chi connectivity index (χ1v) is 12.5. The van der Waals surface area contributed by atoms with Gasteiger partial charge in [-0.05, 0) is 104 Å². The predicted octanol–water partition coefficient (Wildman–Crippen LogP) is 6.05. The summed E-state index contributed by atoms with van der Waals surface area (Å²) in [5.74, 6) is 4.92. The highest BCUT2D eigenvalue weighted by Gasteiger charge is 2.62. The van der Waals surface area contributed by atoms with Crippen LogP contribution in [0.3, 0.4) is 0 Å². The van der Waals surface area contributed by atoms with Crippen LogP contribution in [0.4, 0.5) is 0 Å². The average Bonchev–Trinajstić information content (AvgIpc) is 2.98. The predicted molar refractivity (Wildman–Crippen MR) is 116 cm³/mol. The van der Waals surface area contributed by atoms with E-state index in [1.165, 1.54) is 44.9 Å². The Morgan fingerprint density at radius 2 is 1.50 bits per heavy atom. The maximum Gasteiger partial charge on any atom is 0.0577 e. The number of aliphatic hydroxyl groups is 2. The molecule has 1 unspecified atom stereocenters. The standard InChI is InChI=1S/C26H46O2/c1-16(2)6-7-17(3)20-8-9-21-24-22(11-13-26(20,21)5)25(4)12-10-19(27)14-18(25)15-23(24)28/h16-24,27-28H,6-15H2,1-5H3/t17-,18+,19-,20?,21+,22+,23-,24+,25+,26-/m1/s1. The van der Waals surface area contributed by atoms with E-state index in [1.54, 1.807) is 0 Å². The molecule has 4 aliphatic rings. The van der Waals surface area contributed by atoms with Gasteiger partial charge in [0, 0.05) is 0 Å². The van der Waals surface area contributed by atoms with Gasteiger partial charge in [0.2, 0.25) is 0 Å². The molecule has 162 valence electrons. The van der Waals surface area contributed by atoms with E-state index in [9.17, 15) is 10.2 Å². The molecule has 2 heteroatoms. The van der Waals surface area contributed by atoms with Gasteiger partial charge in [-0.1, -0.05) is 47.5 Å². The minimum absolute atomic E-state index is 0.131. The van der Waals surface area contributed by atoms with Crippen LogP contribution in [0.2, 0.25) is 0 Å². The summed E-state index contributed by atoms with van der Waals surface area (Å²) in [7, 11) is 0. The van der Waals surface area contributed by atoms with Crippen molar-refractivity contribution in [1.29, 1.82) is 0 Å². The molecule has 0 spiro atoms. The lowest BCUT2D eigenvalue weighted by Crippen LogP contribution is -2.58. The van der Waals surface area contributed by atoms with Gasteiger partial charge >= 0.3 is 0 Å². The molecule has 0 amide bonds. The second-order valence-electron chi connectivity index (χ2n) is 12.4. The Balaban J connectivity index is 1.55. The zero-order valence-corrected chi connectivity index (χ0v) is 19.2. The molecule has 0 aliphatic heterocycles. The van der Waals surface area contributed by atoms with Crippen molar-refractivity contribution in [2.45, 2.75) is 111 Å². The van der Waals surface area contributed by atoms with Gasteiger partial charge < -0.3 is 10.2 Å². The van der Waals surface area contributed by atoms with Crippen molar-refractivity contribution >= 4 is 0 Å². The fourth-order valence-corrected chi connectivity index (χ4v) is 8.97. The normalized spacial score (nSPS) is 52.1. The van der Waals surface area contributed by atoms with Crippen LogP contribution in [0.5, 0.6) is 0 Å². The smallest absolute Gasteiger partial charge is 0.0577 e. The minimum atomic E-state index is -0.136. The van der Waals surface area contributed by atoms with E-state index in [0.717, 1.165) is 42.9 Å². The summed E-state index contributed by atoms with van der Waals surface area (Å²) in [5.41, 5.74) is 0.793. The molecule has 2 nitrogen and oxygen atoms in total. The van der Waals surface area contributed by atoms with Crippen molar-refractivity contribution < 1.29 is 10.2 Å². The molecule has 2 N–H and O–H groups in total. The quantitative estimate of drug-likeness (QED) is 0.613. The van der Waals surface area contributed by atoms with Gasteiger partial charge in [0.1, 0.15) is 0 Å². The summed E-state index contributed by atoms with van der Waals surface area (Å²) in [6, 6.07) is 0. The van der Waals surface area contributed by atoms with Gasteiger partial charge in [0.05, 0.1) is 12.2 Å². The van der Waals surface area contributed by atoms with Crippen molar-refractivity contribution in [3.05, 3.63) is 0 Å². The highest BCUT2D eigenvalue weighted by molar-refractivity contribution is 5.11. The largest absolute Gasteiger partial charge is 0.393 e. The summed E-state index contributed by atoms with van der Waals surface area (Å²) in [6.07, 6.45) is 11.9. The fraction of sp³-hybridized carbons (Fsp3) is 1.00. The molecule has 4 rings (SSSR count). The maximum atomic E-state index is 11.3. The van der Waals surface area contributed by atoms with E-state index in [4.69, 9.17) is 0 Å². The van der Waals surface area contributed by atoms with Crippen LogP contribution < -0.4 is 0 Å². The zero-order chi connectivity index (χ0) is 20.3. The van der Waals surface area contributed by atoms with E-state index < -0.39 is 0 Å². The van der Waals surface area contributed by atoms with Gasteiger partial charge in [0.25, 0.3) is 0 Å². The number of fused-ring (bicyclic) bond motifs is 5. The van der Waals surface area contributed by atoms with Crippen molar-refractivity contribution in [1.82, 2.24) is 0 Å². The van der Waals surface area contributed by atoms with Crippen LogP contribution >= 0.6 is 0 Å². The van der Waals surface area contributed by atoms with Crippen LogP contribution in [-0.2, 0) is 0 Å². The van der Waals surface area contributed by atoms with Crippen molar-refractivity contribution in [2.75, 3.05) is 0 Å². The van der Waals surface area contributed by atoms with Crippen molar-refractivity contribution in [3.8, 4) is 0 Å². The topological polar surface area (TPSA) is 40.5 Å². The van der Waals surface area contributed by atoms with Crippen LogP contribution in [0.25, 0.3) is 0 Å². The minimum Gasteiger partial charge on any atom is -0.393 e. The van der Waals surface area contributed by atoms with Crippen LogP contribution in [0.1, 0.15) is 98.8 Å². The van der Waals surface area contributed by atoms with Crippen LogP contribution in [0.15, 0.2) is 0 Å². The van der Waals surface area contributed by atoms with E-state index >= 15 is 0 Å². The Hall–Kier alpha value is -0.0800. The second-order valence-corrected chi connectivity index (χ2v) is 12.4. The molecule has 0 bridgehead atoms. The second kappa shape index (κ2) is 7.56. The van der Waals surface area contributed by atoms with Crippen LogP contribution in [-0.4, -0.2) is 22.4 Å². The SMILES string of the molecule is CC(C)CC[C@@H](C)C1CC[C@H]2[C@@H]3[C@H](O)C[C@@H]4C[C@H](O)CC[C@]4(C)[C@H]3CC[C@]12C. The molecule has 4 aliphatic carbocycles. The summed E-state index contributed by atoms with van der Waals surface area (Å²) in [5, 5.41) is 21.6. The Kier molecular flexibility index (Phi) is 5.71. The maximum absolute atomic E-state index is 11.3. The molecule has 28 heavy (non-hydrogen) atoms. The van der Waals surface area contributed by atoms with Crippen LogP contribution in [0, 0.1) is 52.3 Å². The molecular weight excluding hydrogens is 344 g/mol. The molecular formula is C26H46O2. The number of hydrogen-bond donors (Lipinski definition) is 2. The summed E-state index contributed by atoms with van der Waals surface area (Å²) >= 11 is 0. The third-order valence-corrected chi connectivity index (χ3v) is 10.6. The third kappa shape index (κ3) is 3.29. The lowest BCUT2D eigenvalue weighted by molar-refractivity contribution is -0.174. The van der Waals surface area contributed by atoms with E-state index in [-0.39, 0.29) is 12.2 Å². The molecule has 0 aromatic carbocycles. The Morgan fingerprint density at radius 3 is 2.21 bits per heavy atom. The van der Waals surface area contributed by atoms with Gasteiger partial charge in [0.15, 0.2) is 0 Å². The van der Waals surface area contributed by atoms with E-state index in [2.05, 4.69) is 34.6 Å². The molecule has 0 radical (unpaired) electrons. The number of rotatable bonds is 4. The van der Waals surface area contributed by atoms with E-state index in [1.807, 2.05) is 0 Å². The van der Waals surface area contributed by atoms with Gasteiger partial charge in [-0.25, -0.2) is 0 Å². The molecule has 10 atom stereocenters. The lowest BCUT2D eigenvalue weighted by Gasteiger charge is -2.62. The lowest BCUT2D eigenvalue weighted by atomic mass is 9.43. The first-order chi connectivity index (χ1) is 13.2. The molecule has 0 aromatic rings. The van der Waals surface area contributed by atoms with Crippen molar-refractivity contribution in [2.24, 2.45) is 52.3 Å². The summed E-state index contributed by atoms with van der Waals surface area (Å²) in [4.78, 5) is 0. The van der Waals surface area contributed by atoms with Gasteiger partial charge in [-0.2, -0.15) is 0 Å². The van der Waals surface area contributed by atoms with Crippen molar-refractivity contribution in [3.63, 3.8) is 0 Å². The van der Waals surface area contributed by atoms with E-state index in [0.29, 0.717) is 28.6 Å². The molecule has 4 fully saturated rings. The first-order valence-electron chi connectivity index (χ1n) is 12.5. The fourth-order valence-electron chi connectivity index (χ4n) is 8.97. The molecule has 0 saturated heterocycles. The third-order valence-electron chi connectivity index (χ3n) is 10.6. The monoisotopic (exact) mass is 390 g/mol. The first kappa shape index (κ1) is 21.2. The Morgan fingerprint density at radius 1 is 0.821 bits per heavy atom. The molecule has 0 heterocycles. The average molecular weight is 391 g/mol. The molecule has 0 aromatic heterocycles. The van der Waals surface area contributed by atoms with Gasteiger partial charge in [-0.3, -0.25) is 0 Å². The summed E-state index contributed by atoms with van der Waals surface area (Å²) in [6.45, 7) is 12.3. The number of hydrogen-bond acceptors (Lipinski definition) is 2. The summed E-state index contributed by atoms with van der Waals surface area (Å²) < 4.78 is 0. The Labute approximate surface area is 173 Å². The van der Waals surface area contributed by atoms with Gasteiger partial charge in [-0.15, -0.1) is 0 Å². The molecule has 4 saturated carbocycles.